The quantitative estimate of drug-likeness (QED) is 0.700. The Hall–Kier alpha value is -2.59. The van der Waals surface area contributed by atoms with E-state index in [2.05, 4.69) is 26.6 Å². The highest BCUT2D eigenvalue weighted by Crippen LogP contribution is 2.30. The van der Waals surface area contributed by atoms with Crippen LogP contribution in [0.1, 0.15) is 18.5 Å². The Labute approximate surface area is 171 Å². The van der Waals surface area contributed by atoms with Crippen LogP contribution in [0.5, 0.6) is 0 Å². The van der Waals surface area contributed by atoms with Gasteiger partial charge in [-0.15, -0.1) is 0 Å². The van der Waals surface area contributed by atoms with Crippen molar-refractivity contribution in [3.63, 3.8) is 0 Å². The minimum absolute atomic E-state index is 0.00831. The number of nitrogens with zero attached hydrogens (tertiary/aromatic N) is 1. The lowest BCUT2D eigenvalue weighted by Gasteiger charge is -2.16. The number of carbonyl (C=O) groups excluding carboxylic acids is 2. The van der Waals surface area contributed by atoms with Gasteiger partial charge in [0, 0.05) is 4.47 Å². The van der Waals surface area contributed by atoms with E-state index in [9.17, 15) is 18.0 Å². The molecule has 3 rings (SSSR count). The first kappa shape index (κ1) is 20.2. The lowest BCUT2D eigenvalue weighted by molar-refractivity contribution is 0.168. The number of hydrogen-bond donors (Lipinski definition) is 2. The number of rotatable bonds is 5. The number of carbonyl (C=O) groups is 2. The summed E-state index contributed by atoms with van der Waals surface area (Å²) in [6.45, 7) is 1.88. The van der Waals surface area contributed by atoms with Crippen molar-refractivity contribution in [2.75, 3.05) is 18.5 Å². The molecule has 148 valence electrons. The molecule has 0 spiro atoms. The largest absolute Gasteiger partial charge is 0.450 e. The summed E-state index contributed by atoms with van der Waals surface area (Å²) < 4.78 is 31.8. The number of halogens is 1. The minimum atomic E-state index is -4.06. The fourth-order valence-corrected chi connectivity index (χ4v) is 4.77. The maximum Gasteiger partial charge on any atom is 0.411 e. The molecule has 2 aromatic carbocycles. The van der Waals surface area contributed by atoms with Crippen molar-refractivity contribution in [2.24, 2.45) is 0 Å². The van der Waals surface area contributed by atoms with E-state index in [0.29, 0.717) is 10.2 Å². The Bertz CT molecular complexity index is 998. The molecule has 0 aromatic heterocycles. The summed E-state index contributed by atoms with van der Waals surface area (Å²) >= 11 is 3.24. The van der Waals surface area contributed by atoms with Crippen molar-refractivity contribution in [2.45, 2.75) is 17.9 Å². The van der Waals surface area contributed by atoms with E-state index in [1.54, 1.807) is 6.92 Å². The van der Waals surface area contributed by atoms with E-state index in [4.69, 9.17) is 4.74 Å². The SMILES string of the molecule is CCOC(=O)Nc1ccc(S(=O)(=O)N2C[C@H](c3ccccc3)NC2=O)cc1Br. The zero-order valence-electron chi connectivity index (χ0n) is 14.9. The summed E-state index contributed by atoms with van der Waals surface area (Å²) in [4.78, 5) is 23.8. The van der Waals surface area contributed by atoms with Crippen molar-refractivity contribution in [1.82, 2.24) is 9.62 Å². The van der Waals surface area contributed by atoms with Gasteiger partial charge in [-0.05, 0) is 46.6 Å². The molecule has 2 aromatic rings. The number of hydrogen-bond acceptors (Lipinski definition) is 5. The monoisotopic (exact) mass is 467 g/mol. The average molecular weight is 468 g/mol. The molecule has 1 aliphatic heterocycles. The van der Waals surface area contributed by atoms with Crippen LogP contribution in [0.3, 0.4) is 0 Å². The van der Waals surface area contributed by atoms with Crippen molar-refractivity contribution in [3.05, 3.63) is 58.6 Å². The molecule has 0 bridgehead atoms. The third-order valence-corrected chi connectivity index (χ3v) is 6.52. The van der Waals surface area contributed by atoms with E-state index >= 15 is 0 Å². The zero-order chi connectivity index (χ0) is 20.3. The van der Waals surface area contributed by atoms with Crippen LogP contribution in [0, 0.1) is 0 Å². The summed E-state index contributed by atoms with van der Waals surface area (Å²) in [6, 6.07) is 12.1. The molecule has 0 saturated carbocycles. The number of nitrogens with one attached hydrogen (secondary N) is 2. The fourth-order valence-electron chi connectivity index (χ4n) is 2.76. The van der Waals surface area contributed by atoms with Gasteiger partial charge in [0.05, 0.1) is 29.8 Å². The van der Waals surface area contributed by atoms with E-state index in [0.717, 1.165) is 9.87 Å². The highest BCUT2D eigenvalue weighted by molar-refractivity contribution is 9.10. The van der Waals surface area contributed by atoms with Crippen molar-refractivity contribution < 1.29 is 22.7 Å². The summed E-state index contributed by atoms with van der Waals surface area (Å²) in [7, 11) is -4.06. The minimum Gasteiger partial charge on any atom is -0.450 e. The van der Waals surface area contributed by atoms with Gasteiger partial charge in [0.15, 0.2) is 0 Å². The number of urea groups is 1. The third-order valence-electron chi connectivity index (χ3n) is 4.12. The lowest BCUT2D eigenvalue weighted by atomic mass is 10.1. The maximum atomic E-state index is 12.9. The van der Waals surface area contributed by atoms with Crippen LogP contribution in [-0.4, -0.2) is 38.0 Å². The Morgan fingerprint density at radius 3 is 2.64 bits per heavy atom. The predicted octanol–water partition coefficient (Wildman–Crippen LogP) is 3.47. The molecule has 1 aliphatic rings. The number of sulfonamides is 1. The Balaban J connectivity index is 1.82. The number of anilines is 1. The van der Waals surface area contributed by atoms with Crippen LogP contribution in [0.15, 0.2) is 57.9 Å². The van der Waals surface area contributed by atoms with Gasteiger partial charge < -0.3 is 10.1 Å². The maximum absolute atomic E-state index is 12.9. The topological polar surface area (TPSA) is 105 Å². The highest BCUT2D eigenvalue weighted by Gasteiger charge is 2.38. The smallest absolute Gasteiger partial charge is 0.411 e. The molecule has 1 heterocycles. The number of benzene rings is 2. The zero-order valence-corrected chi connectivity index (χ0v) is 17.3. The van der Waals surface area contributed by atoms with Gasteiger partial charge in [-0.2, -0.15) is 0 Å². The second-order valence-electron chi connectivity index (χ2n) is 5.94. The normalized spacial score (nSPS) is 16.6. The Morgan fingerprint density at radius 1 is 1.29 bits per heavy atom. The van der Waals surface area contributed by atoms with Gasteiger partial charge >= 0.3 is 12.1 Å². The number of ether oxygens (including phenoxy) is 1. The molecule has 0 radical (unpaired) electrons. The molecule has 0 unspecified atom stereocenters. The summed E-state index contributed by atoms with van der Waals surface area (Å²) in [5.74, 6) is 0. The first-order valence-corrected chi connectivity index (χ1v) is 10.7. The van der Waals surface area contributed by atoms with Crippen molar-refractivity contribution >= 4 is 43.8 Å². The molecular formula is C18H18BrN3O5S. The van der Waals surface area contributed by atoms with Crippen molar-refractivity contribution in [3.8, 4) is 0 Å². The third kappa shape index (κ3) is 4.12. The van der Waals surface area contributed by atoms with E-state index in [1.807, 2.05) is 30.3 Å². The van der Waals surface area contributed by atoms with Crippen LogP contribution in [0.4, 0.5) is 15.3 Å². The van der Waals surface area contributed by atoms with Crippen LogP contribution in [0.2, 0.25) is 0 Å². The molecule has 0 aliphatic carbocycles. The first-order chi connectivity index (χ1) is 13.3. The molecular weight excluding hydrogens is 450 g/mol. The van der Waals surface area contributed by atoms with Crippen LogP contribution >= 0.6 is 15.9 Å². The number of amides is 3. The molecule has 10 heteroatoms. The van der Waals surface area contributed by atoms with E-state index in [1.165, 1.54) is 18.2 Å². The molecule has 1 saturated heterocycles. The van der Waals surface area contributed by atoms with Gasteiger partial charge in [-0.25, -0.2) is 22.3 Å². The molecule has 1 atom stereocenters. The second-order valence-corrected chi connectivity index (χ2v) is 8.65. The van der Waals surface area contributed by atoms with Gasteiger partial charge in [0.1, 0.15) is 0 Å². The Kier molecular flexibility index (Phi) is 5.90. The van der Waals surface area contributed by atoms with Crippen molar-refractivity contribution in [1.29, 1.82) is 0 Å². The Morgan fingerprint density at radius 2 is 2.00 bits per heavy atom. The van der Waals surface area contributed by atoms with Gasteiger partial charge in [-0.3, -0.25) is 5.32 Å². The van der Waals surface area contributed by atoms with Gasteiger partial charge in [0.2, 0.25) is 0 Å². The second kappa shape index (κ2) is 8.19. The highest BCUT2D eigenvalue weighted by atomic mass is 79.9. The average Bonchev–Trinajstić information content (AvgIpc) is 3.07. The predicted molar refractivity (Wildman–Crippen MR) is 106 cm³/mol. The summed E-state index contributed by atoms with van der Waals surface area (Å²) in [5, 5.41) is 5.19. The van der Waals surface area contributed by atoms with Crippen LogP contribution in [-0.2, 0) is 14.8 Å². The first-order valence-electron chi connectivity index (χ1n) is 8.44. The molecule has 28 heavy (non-hydrogen) atoms. The molecule has 1 fully saturated rings. The molecule has 3 amide bonds. The standard InChI is InChI=1S/C18H18BrN3O5S/c1-2-27-18(24)21-15-9-8-13(10-14(15)19)28(25,26)22-11-16(20-17(22)23)12-6-4-3-5-7-12/h3-10,16H,2,11H2,1H3,(H,20,23)(H,21,24)/t16-/m1/s1. The van der Waals surface area contributed by atoms with Crippen LogP contribution < -0.4 is 10.6 Å². The summed E-state index contributed by atoms with van der Waals surface area (Å²) in [6.07, 6.45) is -0.650. The van der Waals surface area contributed by atoms with Crippen LogP contribution in [0.25, 0.3) is 0 Å². The summed E-state index contributed by atoms with van der Waals surface area (Å²) in [5.41, 5.74) is 1.18. The fraction of sp³-hybridized carbons (Fsp3) is 0.222. The molecule has 8 nitrogen and oxygen atoms in total. The molecule has 2 N–H and O–H groups in total. The van der Waals surface area contributed by atoms with E-state index in [-0.39, 0.29) is 18.0 Å². The lowest BCUT2D eigenvalue weighted by Crippen LogP contribution is -2.34. The van der Waals surface area contributed by atoms with Gasteiger partial charge in [-0.1, -0.05) is 30.3 Å². The van der Waals surface area contributed by atoms with E-state index < -0.39 is 28.2 Å². The van der Waals surface area contributed by atoms with Gasteiger partial charge in [0.25, 0.3) is 10.0 Å².